The molecule has 0 aromatic rings. The third-order valence-electron chi connectivity index (χ3n) is 5.70. The van der Waals surface area contributed by atoms with Crippen molar-refractivity contribution >= 4 is 80.2 Å². The van der Waals surface area contributed by atoms with Crippen LogP contribution >= 0.6 is 63.7 Å². The third kappa shape index (κ3) is 10.1. The highest BCUT2D eigenvalue weighted by Gasteiger charge is 2.49. The summed E-state index contributed by atoms with van der Waals surface area (Å²) in [5, 5.41) is 0. The molecule has 0 bridgehead atoms. The fourth-order valence-corrected chi connectivity index (χ4v) is 23.4. The average molecular weight is 643 g/mol. The Morgan fingerprint density at radius 2 is 0.840 bits per heavy atom. The summed E-state index contributed by atoms with van der Waals surface area (Å²) in [5.41, 5.74) is 0. The van der Waals surface area contributed by atoms with Crippen LogP contribution < -0.4 is 4.65 Å². The summed E-state index contributed by atoms with van der Waals surface area (Å²) in [6.45, 7) is 9.25. The van der Waals surface area contributed by atoms with Crippen LogP contribution in [0.1, 0.15) is 53.4 Å². The lowest BCUT2D eigenvalue weighted by molar-refractivity contribution is 0.832. The molecule has 0 unspecified atom stereocenters. The molecule has 1 aliphatic rings. The highest BCUT2D eigenvalue weighted by atomic mass is 79.9. The molecular weight excluding hydrogens is 606 g/mol. The summed E-state index contributed by atoms with van der Waals surface area (Å²) in [6.07, 6.45) is 5.35. The Kier molecular flexibility index (Phi) is 12.3. The minimum absolute atomic E-state index is 0.655. The van der Waals surface area contributed by atoms with Crippen molar-refractivity contribution in [2.24, 2.45) is 0 Å². The maximum Gasteiger partial charge on any atom is 0.119 e. The van der Waals surface area contributed by atoms with Gasteiger partial charge in [-0.05, 0) is 61.9 Å². The first kappa shape index (κ1) is 25.4. The fourth-order valence-electron chi connectivity index (χ4n) is 4.07. The molecule has 0 aromatic carbocycles. The van der Waals surface area contributed by atoms with Crippen molar-refractivity contribution in [2.75, 3.05) is 0 Å². The molecule has 25 heavy (non-hydrogen) atoms. The minimum atomic E-state index is -1.32. The zero-order valence-corrected chi connectivity index (χ0v) is 24.7. The molecule has 4 atom stereocenters. The van der Waals surface area contributed by atoms with Crippen LogP contribution in [0.2, 0.25) is 36.3 Å². The molecule has 0 spiro atoms. The van der Waals surface area contributed by atoms with Crippen molar-refractivity contribution in [2.45, 2.75) is 109 Å². The molecule has 1 nitrogen and oxygen atoms in total. The van der Waals surface area contributed by atoms with Gasteiger partial charge in [0.15, 0.2) is 0 Å². The van der Waals surface area contributed by atoms with E-state index in [-0.39, 0.29) is 0 Å². The van der Waals surface area contributed by atoms with Crippen LogP contribution in [0.15, 0.2) is 0 Å². The van der Waals surface area contributed by atoms with Gasteiger partial charge in [-0.2, -0.15) is 0 Å². The maximum absolute atomic E-state index is 4.53. The lowest BCUT2D eigenvalue weighted by Crippen LogP contribution is -2.58. The molecule has 1 saturated heterocycles. The molecule has 1 fully saturated rings. The predicted octanol–water partition coefficient (Wildman–Crippen LogP) is 8.17. The lowest BCUT2D eigenvalue weighted by atomic mass is 10.4. The van der Waals surface area contributed by atoms with Crippen LogP contribution in [0.25, 0.3) is 0 Å². The summed E-state index contributed by atoms with van der Waals surface area (Å²) in [4.78, 5) is 2.62. The Hall–Kier alpha value is 2.31. The van der Waals surface area contributed by atoms with Crippen molar-refractivity contribution in [3.63, 3.8) is 0 Å². The summed E-state index contributed by atoms with van der Waals surface area (Å²) in [7, 11) is -2.63. The van der Waals surface area contributed by atoms with Gasteiger partial charge in [0.05, 0.1) is 0 Å². The Balaban J connectivity index is 2.86. The molecule has 1 N–H and O–H groups in total. The van der Waals surface area contributed by atoms with Gasteiger partial charge in [0.1, 0.15) is 16.5 Å². The first-order chi connectivity index (χ1) is 11.6. The van der Waals surface area contributed by atoms with Gasteiger partial charge in [-0.25, -0.2) is 0 Å². The molecule has 0 amide bonds. The second-order valence-corrected chi connectivity index (χ2v) is 23.8. The van der Waals surface area contributed by atoms with Gasteiger partial charge in [-0.3, -0.25) is 0 Å². The molecule has 0 saturated carbocycles. The predicted molar refractivity (Wildman–Crippen MR) is 136 cm³/mol. The lowest BCUT2D eigenvalue weighted by Gasteiger charge is -2.36. The second kappa shape index (κ2) is 12.1. The highest BCUT2D eigenvalue weighted by molar-refractivity contribution is 9.10. The Morgan fingerprint density at radius 1 is 0.600 bits per heavy atom. The van der Waals surface area contributed by atoms with Gasteiger partial charge >= 0.3 is 0 Å². The Morgan fingerprint density at radius 3 is 1.04 bits per heavy atom. The van der Waals surface area contributed by atoms with Gasteiger partial charge in [-0.15, -0.1) is 0 Å². The number of alkyl halides is 4. The van der Waals surface area contributed by atoms with Gasteiger partial charge < -0.3 is 4.65 Å². The zero-order chi connectivity index (χ0) is 19.1. The van der Waals surface area contributed by atoms with Crippen LogP contribution in [-0.2, 0) is 0 Å². The summed E-state index contributed by atoms with van der Waals surface area (Å²) in [5.74, 6) is 0. The quantitative estimate of drug-likeness (QED) is 0.167. The van der Waals surface area contributed by atoms with E-state index in [0.29, 0.717) is 19.3 Å². The zero-order valence-electron chi connectivity index (χ0n) is 16.4. The third-order valence-corrected chi connectivity index (χ3v) is 19.7. The largest absolute Gasteiger partial charge is 0.359 e. The van der Waals surface area contributed by atoms with Gasteiger partial charge in [0.25, 0.3) is 0 Å². The molecule has 150 valence electrons. The maximum atomic E-state index is 4.53. The summed E-state index contributed by atoms with van der Waals surface area (Å²) < 4.78 is 4.53. The van der Waals surface area contributed by atoms with E-state index in [9.17, 15) is 0 Å². The molecule has 0 aromatic heterocycles. The van der Waals surface area contributed by atoms with E-state index in [1.54, 1.807) is 0 Å². The first-order valence-corrected chi connectivity index (χ1v) is 18.8. The van der Waals surface area contributed by atoms with Crippen LogP contribution in [-0.4, -0.2) is 35.8 Å². The van der Waals surface area contributed by atoms with E-state index in [1.165, 1.54) is 61.9 Å². The number of halogens is 4. The van der Waals surface area contributed by atoms with E-state index >= 15 is 0 Å². The average Bonchev–Trinajstić information content (AvgIpc) is 2.88. The van der Waals surface area contributed by atoms with E-state index < -0.39 is 16.5 Å². The molecule has 0 radical (unpaired) electrons. The van der Waals surface area contributed by atoms with E-state index in [1.807, 2.05) is 0 Å². The topological polar surface area (TPSA) is 12.0 Å². The van der Waals surface area contributed by atoms with Crippen LogP contribution in [0.5, 0.6) is 0 Å². The van der Waals surface area contributed by atoms with Crippen molar-refractivity contribution in [1.82, 2.24) is 4.65 Å². The van der Waals surface area contributed by atoms with E-state index in [0.717, 1.165) is 0 Å². The molecule has 1 rings (SSSR count). The van der Waals surface area contributed by atoms with Gasteiger partial charge in [0, 0.05) is 19.3 Å². The van der Waals surface area contributed by atoms with Gasteiger partial charge in [-0.1, -0.05) is 91.4 Å². The second-order valence-electron chi connectivity index (χ2n) is 8.46. The van der Waals surface area contributed by atoms with Crippen molar-refractivity contribution in [3.05, 3.63) is 0 Å². The standard InChI is InChI=1S/C18H37Br4NSi2/c1-15(19)5-9-24(10-6-16(2)20)13-14-25(23-24,11-7-17(3)21)12-8-18(4)22/h15-18,23H,5-14H2,1-4H3/t15-,16-,17-,18-/m0/s1. The smallest absolute Gasteiger partial charge is 0.119 e. The molecule has 1 aliphatic heterocycles. The van der Waals surface area contributed by atoms with Crippen LogP contribution in [0.3, 0.4) is 0 Å². The number of rotatable bonds is 12. The molecule has 1 heterocycles. The summed E-state index contributed by atoms with van der Waals surface area (Å²) >= 11 is 15.2. The normalized spacial score (nSPS) is 24.0. The number of nitrogens with one attached hydrogen (secondary N) is 1. The minimum Gasteiger partial charge on any atom is -0.359 e. The Labute approximate surface area is 192 Å². The first-order valence-electron chi connectivity index (χ1n) is 9.94. The molecular formula is C18H37Br4NSi2. The number of hydrogen-bond acceptors (Lipinski definition) is 1. The van der Waals surface area contributed by atoms with E-state index in [4.69, 9.17) is 0 Å². The van der Waals surface area contributed by atoms with Crippen LogP contribution in [0.4, 0.5) is 0 Å². The summed E-state index contributed by atoms with van der Waals surface area (Å²) in [6, 6.07) is 8.91. The monoisotopic (exact) mass is 639 g/mol. The van der Waals surface area contributed by atoms with Crippen LogP contribution in [0, 0.1) is 0 Å². The SMILES string of the molecule is C[C@H](Br)CC[Si]1(CC[C@H](C)Br)CC[Si](CC[C@H](C)Br)(CC[C@H](C)Br)N1. The van der Waals surface area contributed by atoms with Crippen molar-refractivity contribution in [3.8, 4) is 0 Å². The number of hydrogen-bond donors (Lipinski definition) is 1. The fraction of sp³-hybridized carbons (Fsp3) is 1.00. The Bertz CT molecular complexity index is 320. The van der Waals surface area contributed by atoms with Crippen molar-refractivity contribution < 1.29 is 0 Å². The van der Waals surface area contributed by atoms with Crippen molar-refractivity contribution in [1.29, 1.82) is 0 Å². The highest BCUT2D eigenvalue weighted by Crippen LogP contribution is 2.41. The molecule has 0 aliphatic carbocycles. The van der Waals surface area contributed by atoms with E-state index in [2.05, 4.69) is 96.1 Å². The molecule has 7 heteroatoms. The van der Waals surface area contributed by atoms with Gasteiger partial charge in [0.2, 0.25) is 0 Å².